The van der Waals surface area contributed by atoms with Gasteiger partial charge in [0.05, 0.1) is 23.4 Å². The molecule has 0 radical (unpaired) electrons. The lowest BCUT2D eigenvalue weighted by atomic mass is 9.75. The van der Waals surface area contributed by atoms with Gasteiger partial charge in [-0.1, -0.05) is 218 Å². The maximum absolute atomic E-state index is 13.6. The molecule has 1 spiro atoms. The number of carboxylic acids is 1. The highest BCUT2D eigenvalue weighted by Crippen LogP contribution is 2.59. The predicted octanol–water partition coefficient (Wildman–Crippen LogP) is 9.77. The van der Waals surface area contributed by atoms with Gasteiger partial charge in [0.1, 0.15) is 22.7 Å². The molecule has 8 N–H and O–H groups in total. The fourth-order valence-electron chi connectivity index (χ4n) is 15.6. The standard InChI is InChI=1S/C44H34B2O7.C43H33B2NO7/c47-43-35-9-3-4-10-36(35)44(53-43)37-23-19-31-25-27(13-17-29-7-1-5-11-39(29)45(48)49)15-21-33(31)41(37)52-42-34-22-16-28(26-32(34)20-24-38(42)44)14-18-30-8-2-6-12-40(30)46(50)51;47-43(48)35-10-4-3-9-34(35)40-36-20-16-28-23-26(13-15-27-7-1-5-11-38(27)44(49)50)14-19-32(28)41(36)53-42-33-22-18-31(24-29(33)17-21-37(40)42)46-25-30-8-2-6-12-39(30)45(51)52/h1-12,15-16,19-26,48-51H,13-14,17-18H2;1-12,14,16-24,49-52H,13,15,25H2,(H,47,48). The van der Waals surface area contributed by atoms with Crippen LogP contribution < -0.4 is 37.1 Å². The van der Waals surface area contributed by atoms with E-state index in [1.807, 2.05) is 146 Å². The van der Waals surface area contributed by atoms with Crippen LogP contribution in [0.3, 0.4) is 0 Å². The fourth-order valence-corrected chi connectivity index (χ4v) is 15.6. The molecular formula is C87H67B4NO14. The quantitative estimate of drug-likeness (QED) is 0.0183. The maximum Gasteiger partial charge on any atom is 1.00 e. The van der Waals surface area contributed by atoms with Crippen LogP contribution in [0.4, 0.5) is 0 Å². The van der Waals surface area contributed by atoms with Gasteiger partial charge in [0, 0.05) is 60.1 Å². The Balaban J connectivity index is 0.000000169. The summed E-state index contributed by atoms with van der Waals surface area (Å²) in [7, 11) is -6.18. The summed E-state index contributed by atoms with van der Waals surface area (Å²) < 4.78 is 20.3. The summed E-state index contributed by atoms with van der Waals surface area (Å²) in [6.07, 6.45) is 4.01. The Kier molecular flexibility index (Phi) is 18.6. The van der Waals surface area contributed by atoms with Crippen LogP contribution in [0.1, 0.15) is 77.8 Å². The van der Waals surface area contributed by atoms with Crippen LogP contribution in [0, 0.1) is 0 Å². The second-order valence-electron chi connectivity index (χ2n) is 27.0. The highest BCUT2D eigenvalue weighted by Gasteiger charge is 2.54. The number of rotatable bonds is 17. The van der Waals surface area contributed by atoms with Crippen molar-refractivity contribution in [1.82, 2.24) is 0 Å². The molecule has 0 saturated heterocycles. The van der Waals surface area contributed by atoms with E-state index in [1.54, 1.807) is 66.7 Å². The minimum Gasteiger partial charge on any atom is -0.545 e. The predicted molar refractivity (Wildman–Crippen MR) is 416 cm³/mol. The summed E-state index contributed by atoms with van der Waals surface area (Å²) in [6, 6.07) is 84.0. The largest absolute Gasteiger partial charge is 1.00 e. The van der Waals surface area contributed by atoms with E-state index in [1.165, 1.54) is 0 Å². The molecule has 106 heavy (non-hydrogen) atoms. The van der Waals surface area contributed by atoms with E-state index in [0.717, 1.165) is 109 Å². The van der Waals surface area contributed by atoms with Gasteiger partial charge in [-0.3, -0.25) is 4.99 Å². The summed E-state index contributed by atoms with van der Waals surface area (Å²) in [5, 5.41) is 101. The molecule has 1 aromatic heterocycles. The molecule has 2 aliphatic rings. The number of carboxylic acid groups (broad SMARTS) is 1. The Labute approximate surface area is 611 Å². The second-order valence-corrected chi connectivity index (χ2v) is 27.0. The highest BCUT2D eigenvalue weighted by atomic mass is 16.6. The van der Waals surface area contributed by atoms with Crippen LogP contribution in [0.25, 0.3) is 76.2 Å². The zero-order valence-electron chi connectivity index (χ0n) is 58.1. The molecule has 19 heteroatoms. The van der Waals surface area contributed by atoms with Crippen molar-refractivity contribution in [2.24, 2.45) is 4.99 Å². The summed E-state index contributed by atoms with van der Waals surface area (Å²) in [5.41, 5.74) is 12.7. The molecule has 0 atom stereocenters. The molecule has 15 nitrogen and oxygen atoms in total. The van der Waals surface area contributed by atoms with E-state index >= 15 is 0 Å². The van der Waals surface area contributed by atoms with E-state index in [0.29, 0.717) is 105 Å². The van der Waals surface area contributed by atoms with Crippen molar-refractivity contribution in [2.45, 2.75) is 50.7 Å². The smallest absolute Gasteiger partial charge is 0.545 e. The third kappa shape index (κ3) is 12.8. The molecule has 17 rings (SSSR count). The first kappa shape index (κ1) is 68.7. The third-order valence-electron chi connectivity index (χ3n) is 20.8. The first-order valence-corrected chi connectivity index (χ1v) is 35.1. The zero-order chi connectivity index (χ0) is 72.9. The first-order valence-electron chi connectivity index (χ1n) is 35.1. The molecule has 2 aliphatic heterocycles. The van der Waals surface area contributed by atoms with Crippen LogP contribution in [0.5, 0.6) is 11.5 Å². The average Bonchev–Trinajstić information content (AvgIpc) is 1.59. The Hall–Kier alpha value is -11.7. The Morgan fingerprint density at radius 2 is 0.774 bits per heavy atom. The van der Waals surface area contributed by atoms with E-state index in [-0.39, 0.29) is 19.5 Å². The van der Waals surface area contributed by atoms with Crippen LogP contribution in [-0.4, -0.2) is 80.6 Å². The SMILES string of the molecule is O=C([O-])c1ccccc1-c1c2ccc3cc(CCc4ccccc4B(O)O)ccc3c2oc2c1ccc1cc(=NCc3ccccc3B(O)O)ccc12.O=C1OC2(c3ccccc31)c1ccc3cc(CCc4ccccc4B(O)O)ccc3c1Oc1c2ccc2cc(CCc3ccccc3B(O)O)ccc12.[H+]. The fraction of sp³-hybridized carbons (Fsp3) is 0.0920. The van der Waals surface area contributed by atoms with Gasteiger partial charge >= 0.3 is 35.9 Å². The maximum atomic E-state index is 13.6. The van der Waals surface area contributed by atoms with Gasteiger partial charge in [-0.05, 0) is 175 Å². The Bertz CT molecular complexity index is 5960. The highest BCUT2D eigenvalue weighted by molar-refractivity contribution is 6.60. The first-order chi connectivity index (χ1) is 51.6. The topological polar surface area (TPSA) is 263 Å². The van der Waals surface area contributed by atoms with Gasteiger partial charge in [-0.2, -0.15) is 0 Å². The molecular weight excluding hydrogens is 1330 g/mol. The van der Waals surface area contributed by atoms with Crippen molar-refractivity contribution in [3.05, 3.63) is 339 Å². The van der Waals surface area contributed by atoms with Crippen molar-refractivity contribution in [3.63, 3.8) is 0 Å². The lowest BCUT2D eigenvalue weighted by Gasteiger charge is -2.37. The van der Waals surface area contributed by atoms with Gasteiger partial charge in [0.2, 0.25) is 0 Å². The zero-order valence-corrected chi connectivity index (χ0v) is 57.1. The molecule has 3 heterocycles. The molecule has 0 saturated carbocycles. The number of benzene rings is 14. The number of hydrogen-bond donors (Lipinski definition) is 8. The number of carbonyl (C=O) groups excluding carboxylic acids is 2. The summed E-state index contributed by atoms with van der Waals surface area (Å²) in [4.78, 5) is 30.7. The monoisotopic (exact) mass is 1390 g/mol. The normalized spacial score (nSPS) is 12.8. The molecule has 0 amide bonds. The molecule has 0 fully saturated rings. The van der Waals surface area contributed by atoms with E-state index in [4.69, 9.17) is 18.9 Å². The summed E-state index contributed by atoms with van der Waals surface area (Å²) in [6.45, 7) is 0.260. The summed E-state index contributed by atoms with van der Waals surface area (Å²) in [5.74, 6) is -0.385. The third-order valence-corrected chi connectivity index (χ3v) is 20.8. The van der Waals surface area contributed by atoms with Crippen LogP contribution in [0.2, 0.25) is 0 Å². The van der Waals surface area contributed by atoms with Gasteiger partial charge in [-0.15, -0.1) is 0 Å². The van der Waals surface area contributed by atoms with Gasteiger partial charge in [-0.25, -0.2) is 4.79 Å². The number of carbonyl (C=O) groups is 2. The molecule has 0 unspecified atom stereocenters. The van der Waals surface area contributed by atoms with Crippen LogP contribution >= 0.6 is 0 Å². The van der Waals surface area contributed by atoms with E-state index < -0.39 is 40.0 Å². The van der Waals surface area contributed by atoms with E-state index in [9.17, 15) is 54.9 Å². The number of fused-ring (bicyclic) bond motifs is 16. The number of aryl methyl sites for hydroxylation is 6. The van der Waals surface area contributed by atoms with Crippen LogP contribution in [-0.2, 0) is 55.4 Å². The van der Waals surface area contributed by atoms with Gasteiger partial charge in [0.15, 0.2) is 5.60 Å². The van der Waals surface area contributed by atoms with Gasteiger partial charge in [0.25, 0.3) is 0 Å². The van der Waals surface area contributed by atoms with Crippen molar-refractivity contribution in [3.8, 4) is 22.6 Å². The minimum atomic E-state index is -1.59. The molecule has 516 valence electrons. The number of aromatic carboxylic acids is 1. The Morgan fingerprint density at radius 3 is 1.26 bits per heavy atom. The Morgan fingerprint density at radius 1 is 0.387 bits per heavy atom. The van der Waals surface area contributed by atoms with Crippen molar-refractivity contribution in [1.29, 1.82) is 0 Å². The van der Waals surface area contributed by atoms with Gasteiger partial charge < -0.3 is 64.0 Å². The minimum absolute atomic E-state index is 0. The number of nitrogens with zero attached hydrogens (tertiary/aromatic N) is 1. The second kappa shape index (κ2) is 28.7. The number of ether oxygens (including phenoxy) is 2. The number of hydrogen-bond acceptors (Lipinski definition) is 15. The molecule has 0 aliphatic carbocycles. The van der Waals surface area contributed by atoms with Crippen molar-refractivity contribution < 1.29 is 70.2 Å². The van der Waals surface area contributed by atoms with Crippen molar-refractivity contribution >= 4 is 127 Å². The molecule has 14 aromatic carbocycles. The van der Waals surface area contributed by atoms with E-state index in [2.05, 4.69) is 54.6 Å². The van der Waals surface area contributed by atoms with Crippen LogP contribution in [0.15, 0.2) is 276 Å². The lowest BCUT2D eigenvalue weighted by molar-refractivity contribution is -0.255. The molecule has 0 bridgehead atoms. The summed E-state index contributed by atoms with van der Waals surface area (Å²) >= 11 is 0. The average molecular weight is 1390 g/mol. The molecule has 15 aromatic rings. The lowest BCUT2D eigenvalue weighted by Crippen LogP contribution is -2.33. The number of esters is 1. The van der Waals surface area contributed by atoms with Crippen molar-refractivity contribution in [2.75, 3.05) is 0 Å².